The molecule has 2 aromatic carbocycles. The maximum atomic E-state index is 13.6. The summed E-state index contributed by atoms with van der Waals surface area (Å²) in [5, 5.41) is 11.6. The zero-order valence-electron chi connectivity index (χ0n) is 23.5. The van der Waals surface area contributed by atoms with E-state index in [-0.39, 0.29) is 24.5 Å². The second-order valence-corrected chi connectivity index (χ2v) is 10.3. The number of allylic oxidation sites excluding steroid dienone is 1. The number of hydrogen-bond acceptors (Lipinski definition) is 9. The van der Waals surface area contributed by atoms with Crippen molar-refractivity contribution in [1.82, 2.24) is 9.80 Å². The third-order valence-corrected chi connectivity index (χ3v) is 7.27. The monoisotopic (exact) mass is 548 g/mol. The van der Waals surface area contributed by atoms with E-state index in [0.29, 0.717) is 36.5 Å². The van der Waals surface area contributed by atoms with E-state index in [1.54, 1.807) is 26.0 Å². The number of rotatable bonds is 11. The fourth-order valence-corrected chi connectivity index (χ4v) is 5.36. The van der Waals surface area contributed by atoms with Crippen LogP contribution in [0.3, 0.4) is 0 Å². The molecule has 0 spiro atoms. The molecule has 2 heterocycles. The summed E-state index contributed by atoms with van der Waals surface area (Å²) in [7, 11) is 3.84. The maximum absolute atomic E-state index is 13.6. The summed E-state index contributed by atoms with van der Waals surface area (Å²) in [6, 6.07) is 14.3. The van der Waals surface area contributed by atoms with Crippen molar-refractivity contribution in [2.45, 2.75) is 39.3 Å². The fraction of sp³-hybridized carbons (Fsp3) is 0.433. The van der Waals surface area contributed by atoms with Crippen LogP contribution in [0.5, 0.6) is 0 Å². The molecular weight excluding hydrogens is 512 g/mol. The van der Waals surface area contributed by atoms with E-state index in [1.165, 1.54) is 23.3 Å². The van der Waals surface area contributed by atoms with E-state index in [1.807, 2.05) is 31.1 Å². The molecule has 212 valence electrons. The van der Waals surface area contributed by atoms with Gasteiger partial charge in [-0.05, 0) is 51.1 Å². The smallest absolute Gasteiger partial charge is 0.336 e. The van der Waals surface area contributed by atoms with Crippen molar-refractivity contribution in [2.24, 2.45) is 10.9 Å². The largest absolute Gasteiger partial charge is 0.465 e. The summed E-state index contributed by atoms with van der Waals surface area (Å²) in [5.41, 5.74) is 4.10. The van der Waals surface area contributed by atoms with Gasteiger partial charge in [-0.3, -0.25) is 24.8 Å². The quantitative estimate of drug-likeness (QED) is 0.234. The Kier molecular flexibility index (Phi) is 9.44. The number of non-ortho nitro benzene ring substituents is 1. The Bertz CT molecular complexity index is 1310. The van der Waals surface area contributed by atoms with Crippen molar-refractivity contribution in [2.75, 3.05) is 40.4 Å². The lowest BCUT2D eigenvalue weighted by Crippen LogP contribution is -2.39. The maximum Gasteiger partial charge on any atom is 0.336 e. The minimum absolute atomic E-state index is 0.128. The molecule has 0 aromatic heterocycles. The number of benzene rings is 2. The number of hydrogen-bond donors (Lipinski definition) is 0. The van der Waals surface area contributed by atoms with Gasteiger partial charge in [0.05, 0.1) is 17.1 Å². The lowest BCUT2D eigenvalue weighted by molar-refractivity contribution is -0.384. The average Bonchev–Trinajstić information content (AvgIpc) is 3.34. The highest BCUT2D eigenvalue weighted by molar-refractivity contribution is 6.08. The molecule has 0 saturated heterocycles. The fourth-order valence-electron chi connectivity index (χ4n) is 5.36. The Labute approximate surface area is 234 Å². The molecule has 0 fully saturated rings. The van der Waals surface area contributed by atoms with Crippen LogP contribution in [0, 0.1) is 16.0 Å². The van der Waals surface area contributed by atoms with Crippen molar-refractivity contribution < 1.29 is 24.0 Å². The summed E-state index contributed by atoms with van der Waals surface area (Å²) >= 11 is 0. The van der Waals surface area contributed by atoms with Crippen molar-refractivity contribution >= 4 is 23.3 Å². The van der Waals surface area contributed by atoms with Gasteiger partial charge in [-0.25, -0.2) is 4.79 Å². The van der Waals surface area contributed by atoms with Crippen LogP contribution in [-0.2, 0) is 32.2 Å². The van der Waals surface area contributed by atoms with Crippen molar-refractivity contribution in [3.05, 3.63) is 86.6 Å². The number of nitro benzene ring substituents is 1. The Morgan fingerprint density at radius 3 is 2.42 bits per heavy atom. The van der Waals surface area contributed by atoms with Crippen LogP contribution in [0.25, 0.3) is 0 Å². The molecular formula is C30H36N4O6. The number of aliphatic imine (C=N–C) groups is 1. The predicted octanol–water partition coefficient (Wildman–Crippen LogP) is 4.10. The first-order valence-corrected chi connectivity index (χ1v) is 13.5. The van der Waals surface area contributed by atoms with Gasteiger partial charge in [-0.15, -0.1) is 0 Å². The first-order chi connectivity index (χ1) is 19.2. The van der Waals surface area contributed by atoms with Gasteiger partial charge in [0.2, 0.25) is 0 Å². The molecule has 0 saturated carbocycles. The summed E-state index contributed by atoms with van der Waals surface area (Å²) in [6.45, 7) is 6.49. The number of carbonyl (C=O) groups excluding carboxylic acids is 2. The number of ether oxygens (including phenoxy) is 2. The molecule has 0 amide bonds. The number of nitrogens with zero attached hydrogens (tertiary/aromatic N) is 4. The first kappa shape index (κ1) is 29.1. The molecule has 0 aliphatic carbocycles. The molecule has 10 nitrogen and oxygen atoms in total. The normalized spacial score (nSPS) is 18.9. The highest BCUT2D eigenvalue weighted by Gasteiger charge is 2.44. The Balaban J connectivity index is 1.64. The summed E-state index contributed by atoms with van der Waals surface area (Å²) < 4.78 is 11.2. The molecule has 2 atom stereocenters. The van der Waals surface area contributed by atoms with Gasteiger partial charge in [0, 0.05) is 55.6 Å². The van der Waals surface area contributed by atoms with E-state index in [9.17, 15) is 19.7 Å². The van der Waals surface area contributed by atoms with Crippen molar-refractivity contribution in [1.29, 1.82) is 0 Å². The molecule has 0 bridgehead atoms. The topological polar surface area (TPSA) is 115 Å². The predicted molar refractivity (Wildman–Crippen MR) is 151 cm³/mol. The minimum Gasteiger partial charge on any atom is -0.465 e. The highest BCUT2D eigenvalue weighted by atomic mass is 16.6. The van der Waals surface area contributed by atoms with Crippen LogP contribution >= 0.6 is 0 Å². The Hall–Kier alpha value is -3.89. The van der Waals surface area contributed by atoms with Gasteiger partial charge in [0.15, 0.2) is 0 Å². The van der Waals surface area contributed by atoms with E-state index in [0.717, 1.165) is 13.1 Å². The average molecular weight is 549 g/mol. The van der Waals surface area contributed by atoms with Gasteiger partial charge >= 0.3 is 11.9 Å². The summed E-state index contributed by atoms with van der Waals surface area (Å²) in [5.74, 6) is -2.86. The summed E-state index contributed by atoms with van der Waals surface area (Å²) in [4.78, 5) is 47.0. The number of esters is 2. The third-order valence-electron chi connectivity index (χ3n) is 7.27. The van der Waals surface area contributed by atoms with Gasteiger partial charge in [0.1, 0.15) is 12.5 Å². The second kappa shape index (κ2) is 13.0. The van der Waals surface area contributed by atoms with Crippen molar-refractivity contribution in [3.8, 4) is 0 Å². The first-order valence-electron chi connectivity index (χ1n) is 13.5. The van der Waals surface area contributed by atoms with Crippen LogP contribution in [-0.4, -0.2) is 72.8 Å². The van der Waals surface area contributed by atoms with E-state index in [2.05, 4.69) is 17.0 Å². The standard InChI is InChI=1S/C30H36N4O6/c1-5-39-30(36)28-25(13-14-32(3)4)31-20(2)26(27(28)21-11-8-12-24(17-21)34(37)38)29(35)40-16-15-33-18-22-9-6-7-10-23(22)19-33/h6-12,17,27-28H,5,13-16,18-19H2,1-4H3. The third kappa shape index (κ3) is 6.63. The molecule has 0 radical (unpaired) electrons. The highest BCUT2D eigenvalue weighted by Crippen LogP contribution is 2.41. The van der Waals surface area contributed by atoms with Crippen LogP contribution in [0.4, 0.5) is 5.69 Å². The van der Waals surface area contributed by atoms with E-state index in [4.69, 9.17) is 14.5 Å². The second-order valence-electron chi connectivity index (χ2n) is 10.3. The van der Waals surface area contributed by atoms with Gasteiger partial charge < -0.3 is 14.4 Å². The number of nitro groups is 1. The van der Waals surface area contributed by atoms with Crippen LogP contribution in [0.15, 0.2) is 64.8 Å². The van der Waals surface area contributed by atoms with Crippen LogP contribution in [0.1, 0.15) is 42.9 Å². The van der Waals surface area contributed by atoms with Crippen molar-refractivity contribution in [3.63, 3.8) is 0 Å². The lowest BCUT2D eigenvalue weighted by atomic mass is 9.74. The van der Waals surface area contributed by atoms with Crippen LogP contribution in [0.2, 0.25) is 0 Å². The molecule has 0 N–H and O–H groups in total. The van der Waals surface area contributed by atoms with Gasteiger partial charge in [-0.1, -0.05) is 36.4 Å². The molecule has 2 aromatic rings. The Morgan fingerprint density at radius 1 is 1.10 bits per heavy atom. The SMILES string of the molecule is CCOC(=O)C1C(CCN(C)C)=NC(C)=C(C(=O)OCCN2Cc3ccccc3C2)C1c1cccc([N+](=O)[O-])c1. The molecule has 4 rings (SSSR count). The molecule has 10 heteroatoms. The van der Waals surface area contributed by atoms with Crippen LogP contribution < -0.4 is 0 Å². The van der Waals surface area contributed by atoms with Gasteiger partial charge in [-0.2, -0.15) is 0 Å². The Morgan fingerprint density at radius 2 is 1.80 bits per heavy atom. The minimum atomic E-state index is -0.916. The van der Waals surface area contributed by atoms with Gasteiger partial charge in [0.25, 0.3) is 5.69 Å². The molecule has 2 aliphatic heterocycles. The number of fused-ring (bicyclic) bond motifs is 1. The van der Waals surface area contributed by atoms with E-state index >= 15 is 0 Å². The molecule has 40 heavy (non-hydrogen) atoms. The zero-order chi connectivity index (χ0) is 28.8. The molecule has 2 aliphatic rings. The molecule has 2 unspecified atom stereocenters. The summed E-state index contributed by atoms with van der Waals surface area (Å²) in [6.07, 6.45) is 0.469. The number of carbonyl (C=O) groups is 2. The van der Waals surface area contributed by atoms with E-state index < -0.39 is 28.7 Å². The zero-order valence-corrected chi connectivity index (χ0v) is 23.5. The lowest BCUT2D eigenvalue weighted by Gasteiger charge is -2.33.